The molecule has 0 aliphatic carbocycles. The zero-order valence-corrected chi connectivity index (χ0v) is 13.6. The number of benzene rings is 3. The average molecular weight is 355 g/mol. The number of fused-ring (bicyclic) bond motifs is 1. The maximum atomic E-state index is 13.8. The molecule has 0 atom stereocenters. The Bertz CT molecular complexity index is 1080. The van der Waals surface area contributed by atoms with Gasteiger partial charge in [-0.25, -0.2) is 4.39 Å². The molecule has 0 unspecified atom stereocenters. The second-order valence-corrected chi connectivity index (χ2v) is 5.84. The zero-order valence-electron chi connectivity index (χ0n) is 12.9. The molecule has 4 rings (SSSR count). The van der Waals surface area contributed by atoms with Gasteiger partial charge < -0.3 is 9.94 Å². The minimum absolute atomic E-state index is 0.123. The Balaban J connectivity index is 1.84. The van der Waals surface area contributed by atoms with E-state index in [1.807, 2.05) is 6.07 Å². The van der Waals surface area contributed by atoms with Crippen molar-refractivity contribution in [1.29, 1.82) is 0 Å². The van der Waals surface area contributed by atoms with Gasteiger partial charge >= 0.3 is 0 Å². The van der Waals surface area contributed by atoms with Crippen LogP contribution in [0.25, 0.3) is 22.2 Å². The molecule has 0 amide bonds. The summed E-state index contributed by atoms with van der Waals surface area (Å²) in [6.45, 7) is 0. The van der Waals surface area contributed by atoms with E-state index in [4.69, 9.17) is 16.3 Å². The van der Waals surface area contributed by atoms with E-state index in [0.717, 1.165) is 4.85 Å². The maximum absolute atomic E-state index is 13.8. The van der Waals surface area contributed by atoms with Crippen molar-refractivity contribution in [3.05, 3.63) is 77.6 Å². The molecular weight excluding hydrogens is 343 g/mol. The molecule has 3 aromatic carbocycles. The van der Waals surface area contributed by atoms with Gasteiger partial charge in [-0.3, -0.25) is 0 Å². The second kappa shape index (κ2) is 6.11. The van der Waals surface area contributed by atoms with Crippen molar-refractivity contribution in [3.63, 3.8) is 0 Å². The molecule has 0 spiro atoms. The van der Waals surface area contributed by atoms with Crippen LogP contribution in [0.3, 0.4) is 0 Å². The number of rotatable bonds is 3. The van der Waals surface area contributed by atoms with E-state index in [1.165, 1.54) is 6.07 Å². The van der Waals surface area contributed by atoms with Crippen LogP contribution in [0.1, 0.15) is 0 Å². The summed E-state index contributed by atoms with van der Waals surface area (Å²) < 4.78 is 19.4. The van der Waals surface area contributed by atoms with Crippen molar-refractivity contribution in [2.75, 3.05) is 0 Å². The molecule has 0 saturated carbocycles. The Morgan fingerprint density at radius 3 is 2.56 bits per heavy atom. The monoisotopic (exact) mass is 354 g/mol. The van der Waals surface area contributed by atoms with Crippen LogP contribution in [0.5, 0.6) is 11.5 Å². The largest absolute Gasteiger partial charge is 0.454 e. The van der Waals surface area contributed by atoms with Crippen LogP contribution in [-0.2, 0) is 0 Å². The summed E-state index contributed by atoms with van der Waals surface area (Å²) >= 11 is 6.25. The van der Waals surface area contributed by atoms with Crippen molar-refractivity contribution in [3.8, 4) is 22.8 Å². The SMILES string of the molecule is On1nc2ccc(Oc3ccccc3F)cc2c1-c1ccccc1Cl. The van der Waals surface area contributed by atoms with Gasteiger partial charge in [-0.2, -0.15) is 0 Å². The summed E-state index contributed by atoms with van der Waals surface area (Å²) in [5, 5.41) is 15.4. The van der Waals surface area contributed by atoms with Crippen LogP contribution in [-0.4, -0.2) is 15.2 Å². The lowest BCUT2D eigenvalue weighted by Gasteiger charge is -2.07. The van der Waals surface area contributed by atoms with Gasteiger partial charge in [0, 0.05) is 10.9 Å². The number of para-hydroxylation sites is 1. The highest BCUT2D eigenvalue weighted by molar-refractivity contribution is 6.33. The summed E-state index contributed by atoms with van der Waals surface area (Å²) in [5.41, 5.74) is 1.65. The van der Waals surface area contributed by atoms with Crippen LogP contribution in [0.2, 0.25) is 5.02 Å². The van der Waals surface area contributed by atoms with E-state index in [9.17, 15) is 9.60 Å². The topological polar surface area (TPSA) is 47.3 Å². The van der Waals surface area contributed by atoms with Crippen molar-refractivity contribution < 1.29 is 14.3 Å². The molecule has 0 aliphatic heterocycles. The summed E-state index contributed by atoms with van der Waals surface area (Å²) in [5.74, 6) is 0.100. The Hall–Kier alpha value is -3.05. The fourth-order valence-corrected chi connectivity index (χ4v) is 2.90. The number of hydrogen-bond acceptors (Lipinski definition) is 3. The first-order valence-electron chi connectivity index (χ1n) is 7.53. The second-order valence-electron chi connectivity index (χ2n) is 5.43. The number of nitrogens with zero attached hydrogens (tertiary/aromatic N) is 2. The quantitative estimate of drug-likeness (QED) is 0.492. The Morgan fingerprint density at radius 1 is 1.00 bits per heavy atom. The van der Waals surface area contributed by atoms with E-state index in [2.05, 4.69) is 5.10 Å². The Labute approximate surface area is 147 Å². The number of ether oxygens (including phenoxy) is 1. The molecule has 0 bridgehead atoms. The molecule has 0 aliphatic rings. The van der Waals surface area contributed by atoms with Crippen molar-refractivity contribution in [1.82, 2.24) is 9.94 Å². The predicted molar refractivity (Wildman–Crippen MR) is 93.8 cm³/mol. The molecule has 0 fully saturated rings. The molecule has 6 heteroatoms. The molecule has 25 heavy (non-hydrogen) atoms. The number of aromatic nitrogens is 2. The molecule has 4 aromatic rings. The van der Waals surface area contributed by atoms with E-state index < -0.39 is 5.82 Å². The van der Waals surface area contributed by atoms with Crippen molar-refractivity contribution in [2.24, 2.45) is 0 Å². The van der Waals surface area contributed by atoms with Crippen molar-refractivity contribution in [2.45, 2.75) is 0 Å². The highest BCUT2D eigenvalue weighted by Gasteiger charge is 2.16. The average Bonchev–Trinajstić information content (AvgIpc) is 2.93. The summed E-state index contributed by atoms with van der Waals surface area (Å²) in [6.07, 6.45) is 0. The lowest BCUT2D eigenvalue weighted by molar-refractivity contribution is 0.155. The van der Waals surface area contributed by atoms with Crippen LogP contribution in [0, 0.1) is 5.82 Å². The van der Waals surface area contributed by atoms with Gasteiger partial charge in [0.15, 0.2) is 11.6 Å². The third-order valence-corrected chi connectivity index (χ3v) is 4.15. The first-order valence-corrected chi connectivity index (χ1v) is 7.90. The van der Waals surface area contributed by atoms with E-state index in [-0.39, 0.29) is 5.75 Å². The van der Waals surface area contributed by atoms with Crippen LogP contribution in [0.15, 0.2) is 66.7 Å². The molecule has 0 saturated heterocycles. The minimum atomic E-state index is -0.452. The molecule has 1 heterocycles. The van der Waals surface area contributed by atoms with Gasteiger partial charge in [-0.1, -0.05) is 41.9 Å². The number of halogens is 2. The smallest absolute Gasteiger partial charge is 0.165 e. The normalized spacial score (nSPS) is 11.0. The van der Waals surface area contributed by atoms with Crippen LogP contribution in [0.4, 0.5) is 4.39 Å². The van der Waals surface area contributed by atoms with E-state index >= 15 is 0 Å². The van der Waals surface area contributed by atoms with Crippen molar-refractivity contribution >= 4 is 22.5 Å². The molecule has 1 N–H and O–H groups in total. The Kier molecular flexibility index (Phi) is 3.78. The predicted octanol–water partition coefficient (Wildman–Crippen LogP) is 5.53. The fraction of sp³-hybridized carbons (Fsp3) is 0. The van der Waals surface area contributed by atoms with Gasteiger partial charge in [-0.05, 0) is 36.4 Å². The summed E-state index contributed by atoms with van der Waals surface area (Å²) in [4.78, 5) is 0.790. The zero-order chi connectivity index (χ0) is 17.4. The van der Waals surface area contributed by atoms with E-state index in [1.54, 1.807) is 54.6 Å². The summed E-state index contributed by atoms with van der Waals surface area (Å²) in [6, 6.07) is 18.4. The summed E-state index contributed by atoms with van der Waals surface area (Å²) in [7, 11) is 0. The third kappa shape index (κ3) is 2.79. The van der Waals surface area contributed by atoms with Gasteiger partial charge in [0.05, 0.1) is 10.5 Å². The lowest BCUT2D eigenvalue weighted by atomic mass is 10.1. The van der Waals surface area contributed by atoms with Gasteiger partial charge in [0.2, 0.25) is 0 Å². The molecule has 1 aromatic heterocycles. The first kappa shape index (κ1) is 15.5. The molecular formula is C19H12ClFN2O2. The highest BCUT2D eigenvalue weighted by atomic mass is 35.5. The first-order chi connectivity index (χ1) is 12.1. The van der Waals surface area contributed by atoms with Gasteiger partial charge in [0.25, 0.3) is 0 Å². The van der Waals surface area contributed by atoms with Gasteiger partial charge in [0.1, 0.15) is 11.4 Å². The minimum Gasteiger partial charge on any atom is -0.454 e. The molecule has 124 valence electrons. The Morgan fingerprint density at radius 2 is 1.76 bits per heavy atom. The van der Waals surface area contributed by atoms with E-state index in [0.29, 0.717) is 32.9 Å². The maximum Gasteiger partial charge on any atom is 0.165 e. The highest BCUT2D eigenvalue weighted by Crippen LogP contribution is 2.35. The third-order valence-electron chi connectivity index (χ3n) is 3.82. The molecule has 4 nitrogen and oxygen atoms in total. The number of hydrogen-bond donors (Lipinski definition) is 1. The van der Waals surface area contributed by atoms with Crippen LogP contribution >= 0.6 is 11.6 Å². The molecule has 0 radical (unpaired) electrons. The fourth-order valence-electron chi connectivity index (χ4n) is 2.68. The lowest BCUT2D eigenvalue weighted by Crippen LogP contribution is -1.95. The van der Waals surface area contributed by atoms with Crippen LogP contribution < -0.4 is 4.74 Å². The standard InChI is InChI=1S/C19H12ClFN2O2/c20-15-6-2-1-5-13(15)19-14-11-12(9-10-17(14)22-23(19)24)25-18-8-4-3-7-16(18)21/h1-11,24H. The van der Waals surface area contributed by atoms with Gasteiger partial charge in [-0.15, -0.1) is 9.94 Å².